The normalized spacial score (nSPS) is 18.7. The Balaban J connectivity index is 1.95. The second-order valence-electron chi connectivity index (χ2n) is 5.60. The molecule has 2 rings (SSSR count). The van der Waals surface area contributed by atoms with Crippen molar-refractivity contribution >= 4 is 11.9 Å². The minimum absolute atomic E-state index is 0.0566. The summed E-state index contributed by atoms with van der Waals surface area (Å²) in [5.74, 6) is 1.39. The highest BCUT2D eigenvalue weighted by atomic mass is 16.5. The van der Waals surface area contributed by atoms with Crippen LogP contribution in [0.4, 0.5) is 5.95 Å². The van der Waals surface area contributed by atoms with Gasteiger partial charge in [-0.05, 0) is 32.6 Å². The average Bonchev–Trinajstić information content (AvgIpc) is 2.46. The highest BCUT2D eigenvalue weighted by Crippen LogP contribution is 2.24. The SMILES string of the molecule is COc1ccnc(N2CCC[C@@H](CC(=O)OC(C)C)C2)n1. The molecule has 1 atom stereocenters. The lowest BCUT2D eigenvalue weighted by molar-refractivity contribution is -0.148. The molecule has 0 aromatic carbocycles. The molecule has 0 spiro atoms. The third-order valence-electron chi connectivity index (χ3n) is 3.45. The molecule has 1 aromatic rings. The van der Waals surface area contributed by atoms with Crippen molar-refractivity contribution in [1.29, 1.82) is 0 Å². The van der Waals surface area contributed by atoms with Crippen LogP contribution in [0.5, 0.6) is 5.88 Å². The second-order valence-corrected chi connectivity index (χ2v) is 5.60. The predicted molar refractivity (Wildman–Crippen MR) is 79.4 cm³/mol. The molecule has 1 aromatic heterocycles. The van der Waals surface area contributed by atoms with Gasteiger partial charge in [0.25, 0.3) is 0 Å². The summed E-state index contributed by atoms with van der Waals surface area (Å²) in [4.78, 5) is 22.5. The lowest BCUT2D eigenvalue weighted by Crippen LogP contribution is -2.37. The summed E-state index contributed by atoms with van der Waals surface area (Å²) >= 11 is 0. The van der Waals surface area contributed by atoms with Gasteiger partial charge in [-0.1, -0.05) is 0 Å². The van der Waals surface area contributed by atoms with E-state index in [9.17, 15) is 4.79 Å². The lowest BCUT2D eigenvalue weighted by atomic mass is 9.95. The average molecular weight is 293 g/mol. The Labute approximate surface area is 125 Å². The van der Waals surface area contributed by atoms with E-state index < -0.39 is 0 Å². The number of piperidine rings is 1. The molecule has 0 saturated carbocycles. The summed E-state index contributed by atoms with van der Waals surface area (Å²) in [6.45, 7) is 5.42. The van der Waals surface area contributed by atoms with E-state index >= 15 is 0 Å². The van der Waals surface area contributed by atoms with Crippen molar-refractivity contribution in [2.24, 2.45) is 5.92 Å². The number of ether oxygens (including phenoxy) is 2. The first kappa shape index (κ1) is 15.5. The maximum atomic E-state index is 11.8. The molecule has 0 amide bonds. The Morgan fingerprint density at radius 3 is 3.05 bits per heavy atom. The third-order valence-corrected chi connectivity index (χ3v) is 3.45. The summed E-state index contributed by atoms with van der Waals surface area (Å²) in [6, 6.07) is 1.73. The Morgan fingerprint density at radius 1 is 1.52 bits per heavy atom. The number of hydrogen-bond acceptors (Lipinski definition) is 6. The summed E-state index contributed by atoms with van der Waals surface area (Å²) in [6.07, 6.45) is 4.16. The van der Waals surface area contributed by atoms with Crippen molar-refractivity contribution in [3.63, 3.8) is 0 Å². The maximum absolute atomic E-state index is 11.8. The Morgan fingerprint density at radius 2 is 2.33 bits per heavy atom. The van der Waals surface area contributed by atoms with Gasteiger partial charge >= 0.3 is 5.97 Å². The largest absolute Gasteiger partial charge is 0.481 e. The minimum atomic E-state index is -0.122. The van der Waals surface area contributed by atoms with Gasteiger partial charge in [0.15, 0.2) is 0 Å². The number of nitrogens with zero attached hydrogens (tertiary/aromatic N) is 3. The predicted octanol–water partition coefficient (Wildman–Crippen LogP) is 2.04. The first-order valence-electron chi connectivity index (χ1n) is 7.40. The summed E-state index contributed by atoms with van der Waals surface area (Å²) in [7, 11) is 1.59. The number of methoxy groups -OCH3 is 1. The molecule has 1 fully saturated rings. The molecule has 2 heterocycles. The molecule has 6 nitrogen and oxygen atoms in total. The lowest BCUT2D eigenvalue weighted by Gasteiger charge is -2.32. The quantitative estimate of drug-likeness (QED) is 0.774. The summed E-state index contributed by atoms with van der Waals surface area (Å²) < 4.78 is 10.4. The standard InChI is InChI=1S/C15H23N3O3/c1-11(2)21-14(19)9-12-5-4-8-18(10-12)15-16-7-6-13(17-15)20-3/h6-7,11-12H,4-5,8-10H2,1-3H3/t12-/m0/s1. The smallest absolute Gasteiger partial charge is 0.306 e. The molecular weight excluding hydrogens is 270 g/mol. The molecule has 0 bridgehead atoms. The van der Waals surface area contributed by atoms with E-state index in [0.717, 1.165) is 25.9 Å². The fourth-order valence-corrected chi connectivity index (χ4v) is 2.56. The molecule has 0 aliphatic carbocycles. The van der Waals surface area contributed by atoms with Crippen molar-refractivity contribution < 1.29 is 14.3 Å². The van der Waals surface area contributed by atoms with E-state index in [1.54, 1.807) is 19.4 Å². The van der Waals surface area contributed by atoms with E-state index in [2.05, 4.69) is 14.9 Å². The van der Waals surface area contributed by atoms with Crippen LogP contribution in [0.25, 0.3) is 0 Å². The number of esters is 1. The zero-order valence-corrected chi connectivity index (χ0v) is 12.9. The van der Waals surface area contributed by atoms with Crippen LogP contribution in [0.15, 0.2) is 12.3 Å². The van der Waals surface area contributed by atoms with Crippen LogP contribution in [-0.4, -0.2) is 42.2 Å². The molecule has 1 saturated heterocycles. The molecule has 1 aliphatic heterocycles. The summed E-state index contributed by atoms with van der Waals surface area (Å²) in [5.41, 5.74) is 0. The van der Waals surface area contributed by atoms with Gasteiger partial charge < -0.3 is 14.4 Å². The zero-order chi connectivity index (χ0) is 15.2. The minimum Gasteiger partial charge on any atom is -0.481 e. The Kier molecular flexibility index (Phi) is 5.36. The van der Waals surface area contributed by atoms with Gasteiger partial charge in [-0.3, -0.25) is 4.79 Å². The van der Waals surface area contributed by atoms with Crippen LogP contribution >= 0.6 is 0 Å². The van der Waals surface area contributed by atoms with Crippen molar-refractivity contribution in [2.45, 2.75) is 39.2 Å². The highest BCUT2D eigenvalue weighted by Gasteiger charge is 2.24. The van der Waals surface area contributed by atoms with Gasteiger partial charge in [0.1, 0.15) is 0 Å². The van der Waals surface area contributed by atoms with Gasteiger partial charge in [-0.15, -0.1) is 0 Å². The molecular formula is C15H23N3O3. The molecule has 6 heteroatoms. The first-order valence-corrected chi connectivity index (χ1v) is 7.40. The third kappa shape index (κ3) is 4.58. The fourth-order valence-electron chi connectivity index (χ4n) is 2.56. The highest BCUT2D eigenvalue weighted by molar-refractivity contribution is 5.70. The number of carbonyl (C=O) groups is 1. The van der Waals surface area contributed by atoms with E-state index in [0.29, 0.717) is 24.2 Å². The second kappa shape index (κ2) is 7.24. The maximum Gasteiger partial charge on any atom is 0.306 e. The van der Waals surface area contributed by atoms with Crippen LogP contribution in [0.3, 0.4) is 0 Å². The van der Waals surface area contributed by atoms with Crippen molar-refractivity contribution in [1.82, 2.24) is 9.97 Å². The molecule has 21 heavy (non-hydrogen) atoms. The Bertz CT molecular complexity index is 479. The van der Waals surface area contributed by atoms with Gasteiger partial charge in [-0.2, -0.15) is 4.98 Å². The number of rotatable bonds is 5. The van der Waals surface area contributed by atoms with E-state index in [-0.39, 0.29) is 12.1 Å². The molecule has 1 aliphatic rings. The van der Waals surface area contributed by atoms with Gasteiger partial charge in [0.2, 0.25) is 11.8 Å². The molecule has 0 radical (unpaired) electrons. The summed E-state index contributed by atoms with van der Waals surface area (Å²) in [5, 5.41) is 0. The van der Waals surface area contributed by atoms with E-state index in [1.807, 2.05) is 13.8 Å². The van der Waals surface area contributed by atoms with E-state index in [1.165, 1.54) is 0 Å². The Hall–Kier alpha value is -1.85. The van der Waals surface area contributed by atoms with Gasteiger partial charge in [0, 0.05) is 25.4 Å². The van der Waals surface area contributed by atoms with Crippen LogP contribution in [0, 0.1) is 5.92 Å². The molecule has 116 valence electrons. The first-order chi connectivity index (χ1) is 10.1. The number of anilines is 1. The van der Waals surface area contributed by atoms with Gasteiger partial charge in [0.05, 0.1) is 19.6 Å². The number of carbonyl (C=O) groups excluding carboxylic acids is 1. The van der Waals surface area contributed by atoms with Crippen molar-refractivity contribution in [2.75, 3.05) is 25.1 Å². The van der Waals surface area contributed by atoms with Crippen molar-refractivity contribution in [3.8, 4) is 5.88 Å². The number of aromatic nitrogens is 2. The van der Waals surface area contributed by atoms with Gasteiger partial charge in [-0.25, -0.2) is 4.98 Å². The molecule has 0 N–H and O–H groups in total. The zero-order valence-electron chi connectivity index (χ0n) is 12.9. The van der Waals surface area contributed by atoms with Crippen LogP contribution in [0.1, 0.15) is 33.1 Å². The van der Waals surface area contributed by atoms with Crippen LogP contribution in [-0.2, 0) is 9.53 Å². The van der Waals surface area contributed by atoms with E-state index in [4.69, 9.17) is 9.47 Å². The number of hydrogen-bond donors (Lipinski definition) is 0. The molecule has 0 unspecified atom stereocenters. The fraction of sp³-hybridized carbons (Fsp3) is 0.667. The van der Waals surface area contributed by atoms with Crippen LogP contribution in [0.2, 0.25) is 0 Å². The van der Waals surface area contributed by atoms with Crippen LogP contribution < -0.4 is 9.64 Å². The topological polar surface area (TPSA) is 64.5 Å². The monoisotopic (exact) mass is 293 g/mol. The van der Waals surface area contributed by atoms with Crippen molar-refractivity contribution in [3.05, 3.63) is 12.3 Å².